The monoisotopic (exact) mass is 387 g/mol. The molecule has 2 atom stereocenters. The van der Waals surface area contributed by atoms with Crippen molar-refractivity contribution < 1.29 is 19.1 Å². The lowest BCUT2D eigenvalue weighted by molar-refractivity contribution is -0.135. The van der Waals surface area contributed by atoms with E-state index in [9.17, 15) is 14.4 Å². The Morgan fingerprint density at radius 3 is 2.14 bits per heavy atom. The molecule has 1 heterocycles. The van der Waals surface area contributed by atoms with E-state index in [1.807, 2.05) is 32.9 Å². The SMILES string of the molecule is CCOC(=O)N1CCN(C(=O)C2CC2C(=O)Nc2c(C)cc(C)cc2C)CC1. The molecule has 3 rings (SSSR count). The third-order valence-corrected chi connectivity index (χ3v) is 5.49. The molecule has 0 bridgehead atoms. The Morgan fingerprint density at radius 2 is 1.57 bits per heavy atom. The number of benzene rings is 1. The zero-order valence-electron chi connectivity index (χ0n) is 17.1. The molecule has 2 unspecified atom stereocenters. The molecule has 1 saturated carbocycles. The van der Waals surface area contributed by atoms with Crippen LogP contribution in [0.4, 0.5) is 10.5 Å². The van der Waals surface area contributed by atoms with Crippen molar-refractivity contribution in [3.8, 4) is 0 Å². The zero-order chi connectivity index (χ0) is 20.4. The van der Waals surface area contributed by atoms with E-state index in [-0.39, 0.29) is 29.7 Å². The molecule has 2 fully saturated rings. The minimum Gasteiger partial charge on any atom is -0.450 e. The second kappa shape index (κ2) is 8.20. The lowest BCUT2D eigenvalue weighted by Crippen LogP contribution is -2.51. The smallest absolute Gasteiger partial charge is 0.409 e. The number of carbonyl (C=O) groups excluding carboxylic acids is 3. The predicted octanol–water partition coefficient (Wildman–Crippen LogP) is 2.49. The highest BCUT2D eigenvalue weighted by atomic mass is 16.6. The average molecular weight is 387 g/mol. The molecule has 3 amide bonds. The van der Waals surface area contributed by atoms with Gasteiger partial charge in [0.25, 0.3) is 0 Å². The van der Waals surface area contributed by atoms with Crippen LogP contribution in [-0.4, -0.2) is 60.5 Å². The Morgan fingerprint density at radius 1 is 1.00 bits per heavy atom. The summed E-state index contributed by atoms with van der Waals surface area (Å²) in [5.74, 6) is -0.588. The van der Waals surface area contributed by atoms with Crippen molar-refractivity contribution in [2.75, 3.05) is 38.1 Å². The molecule has 1 aromatic carbocycles. The van der Waals surface area contributed by atoms with Crippen molar-refractivity contribution >= 4 is 23.6 Å². The predicted molar refractivity (Wildman–Crippen MR) is 106 cm³/mol. The van der Waals surface area contributed by atoms with Gasteiger partial charge >= 0.3 is 6.09 Å². The third-order valence-electron chi connectivity index (χ3n) is 5.49. The first-order chi connectivity index (χ1) is 13.3. The number of rotatable bonds is 4. The number of amides is 3. The topological polar surface area (TPSA) is 79.0 Å². The second-order valence-electron chi connectivity index (χ2n) is 7.72. The van der Waals surface area contributed by atoms with Gasteiger partial charge in [-0.2, -0.15) is 0 Å². The van der Waals surface area contributed by atoms with Gasteiger partial charge in [-0.05, 0) is 45.2 Å². The Bertz CT molecular complexity index is 761. The van der Waals surface area contributed by atoms with Gasteiger partial charge < -0.3 is 19.9 Å². The summed E-state index contributed by atoms with van der Waals surface area (Å²) in [6.45, 7) is 10.0. The highest BCUT2D eigenvalue weighted by molar-refractivity contribution is 6.00. The van der Waals surface area contributed by atoms with E-state index in [1.54, 1.807) is 16.7 Å². The van der Waals surface area contributed by atoms with Crippen molar-refractivity contribution in [2.24, 2.45) is 11.8 Å². The Labute approximate surface area is 166 Å². The lowest BCUT2D eigenvalue weighted by atomic mass is 10.0. The van der Waals surface area contributed by atoms with E-state index in [2.05, 4.69) is 5.32 Å². The average Bonchev–Trinajstić information content (AvgIpc) is 3.45. The minimum absolute atomic E-state index is 0.0148. The third kappa shape index (κ3) is 4.29. The number of nitrogens with zero attached hydrogens (tertiary/aromatic N) is 2. The summed E-state index contributed by atoms with van der Waals surface area (Å²) in [7, 11) is 0. The molecule has 0 aromatic heterocycles. The largest absolute Gasteiger partial charge is 0.450 e. The Kier molecular flexibility index (Phi) is 5.91. The van der Waals surface area contributed by atoms with Crippen LogP contribution in [0.3, 0.4) is 0 Å². The van der Waals surface area contributed by atoms with Gasteiger partial charge in [-0.15, -0.1) is 0 Å². The molecule has 28 heavy (non-hydrogen) atoms. The summed E-state index contributed by atoms with van der Waals surface area (Å²) in [6, 6.07) is 4.09. The maximum atomic E-state index is 12.7. The molecule has 2 aliphatic rings. The molecule has 7 heteroatoms. The van der Waals surface area contributed by atoms with Crippen LogP contribution in [0.1, 0.15) is 30.0 Å². The molecule has 7 nitrogen and oxygen atoms in total. The highest BCUT2D eigenvalue weighted by Crippen LogP contribution is 2.41. The molecule has 152 valence electrons. The van der Waals surface area contributed by atoms with Crippen LogP contribution >= 0.6 is 0 Å². The summed E-state index contributed by atoms with van der Waals surface area (Å²) in [6.07, 6.45) is 0.259. The normalized spacial score (nSPS) is 21.3. The number of aryl methyl sites for hydroxylation is 3. The number of anilines is 1. The van der Waals surface area contributed by atoms with E-state index in [0.717, 1.165) is 22.4 Å². The zero-order valence-corrected chi connectivity index (χ0v) is 17.1. The molecular formula is C21H29N3O4. The van der Waals surface area contributed by atoms with Gasteiger partial charge in [-0.1, -0.05) is 17.7 Å². The van der Waals surface area contributed by atoms with Crippen molar-refractivity contribution in [1.82, 2.24) is 9.80 Å². The maximum absolute atomic E-state index is 12.7. The van der Waals surface area contributed by atoms with Crippen LogP contribution in [0.15, 0.2) is 12.1 Å². The maximum Gasteiger partial charge on any atom is 0.409 e. The number of ether oxygens (including phenoxy) is 1. The number of hydrogen-bond donors (Lipinski definition) is 1. The fourth-order valence-electron chi connectivity index (χ4n) is 3.91. The van der Waals surface area contributed by atoms with Gasteiger partial charge in [0.15, 0.2) is 0 Å². The number of nitrogens with one attached hydrogen (secondary N) is 1. The van der Waals surface area contributed by atoms with E-state index >= 15 is 0 Å². The highest BCUT2D eigenvalue weighted by Gasteiger charge is 2.50. The number of piperazine rings is 1. The summed E-state index contributed by atoms with van der Waals surface area (Å²) < 4.78 is 5.00. The summed E-state index contributed by atoms with van der Waals surface area (Å²) in [4.78, 5) is 40.5. The van der Waals surface area contributed by atoms with E-state index in [0.29, 0.717) is 39.2 Å². The van der Waals surface area contributed by atoms with Crippen LogP contribution in [0.5, 0.6) is 0 Å². The molecule has 0 radical (unpaired) electrons. The standard InChI is InChI=1S/C21H29N3O4/c1-5-28-21(27)24-8-6-23(7-9-24)20(26)17-12-16(17)19(25)22-18-14(3)10-13(2)11-15(18)4/h10-11,16-17H,5-9,12H2,1-4H3,(H,22,25). The quantitative estimate of drug-likeness (QED) is 0.861. The van der Waals surface area contributed by atoms with Crippen LogP contribution < -0.4 is 5.32 Å². The van der Waals surface area contributed by atoms with Crippen LogP contribution in [0.25, 0.3) is 0 Å². The summed E-state index contributed by atoms with van der Waals surface area (Å²) in [5.41, 5.74) is 4.07. The van der Waals surface area contributed by atoms with E-state index in [1.165, 1.54) is 0 Å². The summed E-state index contributed by atoms with van der Waals surface area (Å²) in [5, 5.41) is 3.01. The lowest BCUT2D eigenvalue weighted by Gasteiger charge is -2.34. The minimum atomic E-state index is -0.331. The van der Waals surface area contributed by atoms with E-state index in [4.69, 9.17) is 4.74 Å². The molecule has 1 aliphatic heterocycles. The molecule has 1 N–H and O–H groups in total. The van der Waals surface area contributed by atoms with Crippen molar-refractivity contribution in [3.05, 3.63) is 28.8 Å². The first-order valence-electron chi connectivity index (χ1n) is 9.91. The van der Waals surface area contributed by atoms with Gasteiger partial charge in [-0.25, -0.2) is 4.79 Å². The van der Waals surface area contributed by atoms with Gasteiger partial charge in [0.1, 0.15) is 0 Å². The van der Waals surface area contributed by atoms with Crippen molar-refractivity contribution in [1.29, 1.82) is 0 Å². The molecule has 1 saturated heterocycles. The van der Waals surface area contributed by atoms with Gasteiger partial charge in [0.2, 0.25) is 11.8 Å². The Hall–Kier alpha value is -2.57. The number of hydrogen-bond acceptors (Lipinski definition) is 4. The Balaban J connectivity index is 1.52. The van der Waals surface area contributed by atoms with Crippen molar-refractivity contribution in [3.63, 3.8) is 0 Å². The fraction of sp³-hybridized carbons (Fsp3) is 0.571. The van der Waals surface area contributed by atoms with Crippen LogP contribution in [-0.2, 0) is 14.3 Å². The van der Waals surface area contributed by atoms with Gasteiger partial charge in [0, 0.05) is 31.9 Å². The second-order valence-corrected chi connectivity index (χ2v) is 7.72. The van der Waals surface area contributed by atoms with Gasteiger partial charge in [0.05, 0.1) is 18.4 Å². The first-order valence-corrected chi connectivity index (χ1v) is 9.91. The molecular weight excluding hydrogens is 358 g/mol. The number of carbonyl (C=O) groups is 3. The van der Waals surface area contributed by atoms with E-state index < -0.39 is 0 Å². The fourth-order valence-corrected chi connectivity index (χ4v) is 3.91. The molecule has 1 aliphatic carbocycles. The van der Waals surface area contributed by atoms with Gasteiger partial charge in [-0.3, -0.25) is 9.59 Å². The summed E-state index contributed by atoms with van der Waals surface area (Å²) >= 11 is 0. The van der Waals surface area contributed by atoms with Crippen LogP contribution in [0, 0.1) is 32.6 Å². The van der Waals surface area contributed by atoms with Crippen LogP contribution in [0.2, 0.25) is 0 Å². The molecule has 0 spiro atoms. The van der Waals surface area contributed by atoms with Crippen molar-refractivity contribution in [2.45, 2.75) is 34.1 Å². The molecule has 1 aromatic rings. The first kappa shape index (κ1) is 20.2.